The molecule has 0 radical (unpaired) electrons. The van der Waals surface area contributed by atoms with Gasteiger partial charge in [0.05, 0.1) is 21.8 Å². The average molecular weight is 292 g/mol. The number of nitrogens with one attached hydrogen (secondary N) is 1. The van der Waals surface area contributed by atoms with Gasteiger partial charge < -0.3 is 15.6 Å². The number of aromatic amines is 1. The molecule has 7 heteroatoms. The van der Waals surface area contributed by atoms with E-state index in [0.29, 0.717) is 16.4 Å². The van der Waals surface area contributed by atoms with Crippen LogP contribution in [0.4, 0.5) is 5.69 Å². The molecule has 1 saturated heterocycles. The van der Waals surface area contributed by atoms with Gasteiger partial charge in [-0.15, -0.1) is 0 Å². The standard InChI is InChI=1S/C13H16N4O2S/c14-9-3-4-10-11(7-9)16-13(15-10)20(19)8-12(18)17-5-1-2-6-17/h3-4,7H,1-2,5-6,8,14H2,(H,15,16). The van der Waals surface area contributed by atoms with Crippen LogP contribution in [0.5, 0.6) is 0 Å². The number of nitrogens with two attached hydrogens (primary N) is 1. The summed E-state index contributed by atoms with van der Waals surface area (Å²) >= 11 is 0. The van der Waals surface area contributed by atoms with Gasteiger partial charge in [-0.2, -0.15) is 0 Å². The van der Waals surface area contributed by atoms with Crippen molar-refractivity contribution in [3.63, 3.8) is 0 Å². The molecule has 6 nitrogen and oxygen atoms in total. The Morgan fingerprint density at radius 1 is 1.40 bits per heavy atom. The lowest BCUT2D eigenvalue weighted by atomic mass is 10.3. The van der Waals surface area contributed by atoms with Crippen LogP contribution in [0.2, 0.25) is 0 Å². The van der Waals surface area contributed by atoms with Crippen molar-refractivity contribution < 1.29 is 9.00 Å². The van der Waals surface area contributed by atoms with Crippen molar-refractivity contribution in [3.05, 3.63) is 18.2 Å². The number of nitrogens with zero attached hydrogens (tertiary/aromatic N) is 2. The summed E-state index contributed by atoms with van der Waals surface area (Å²) in [5, 5.41) is 0.332. The van der Waals surface area contributed by atoms with Crippen LogP contribution in [0.15, 0.2) is 23.4 Å². The molecular formula is C13H16N4O2S. The fourth-order valence-corrected chi connectivity index (χ4v) is 3.32. The topological polar surface area (TPSA) is 92.1 Å². The van der Waals surface area contributed by atoms with Crippen LogP contribution in [0.1, 0.15) is 12.8 Å². The molecule has 1 aliphatic heterocycles. The number of carbonyl (C=O) groups is 1. The summed E-state index contributed by atoms with van der Waals surface area (Å²) in [5.41, 5.74) is 7.75. The Balaban J connectivity index is 1.76. The second-order valence-corrected chi connectivity index (χ2v) is 6.26. The Morgan fingerprint density at radius 2 is 2.15 bits per heavy atom. The van der Waals surface area contributed by atoms with Gasteiger partial charge >= 0.3 is 0 Å². The van der Waals surface area contributed by atoms with Crippen LogP contribution in [-0.2, 0) is 15.6 Å². The van der Waals surface area contributed by atoms with Gasteiger partial charge in [-0.25, -0.2) is 4.98 Å². The van der Waals surface area contributed by atoms with E-state index in [2.05, 4.69) is 9.97 Å². The van der Waals surface area contributed by atoms with Crippen molar-refractivity contribution in [1.82, 2.24) is 14.9 Å². The number of amides is 1. The number of hydrogen-bond acceptors (Lipinski definition) is 4. The van der Waals surface area contributed by atoms with E-state index in [0.717, 1.165) is 31.4 Å². The Hall–Kier alpha value is -1.89. The Labute approximate surface area is 118 Å². The summed E-state index contributed by atoms with van der Waals surface area (Å²) in [6, 6.07) is 5.25. The second kappa shape index (κ2) is 5.24. The summed E-state index contributed by atoms with van der Waals surface area (Å²) in [4.78, 5) is 21.0. The minimum absolute atomic E-state index is 0.0185. The molecule has 2 aromatic rings. The van der Waals surface area contributed by atoms with Crippen LogP contribution in [-0.4, -0.2) is 43.8 Å². The highest BCUT2D eigenvalue weighted by Crippen LogP contribution is 2.17. The number of benzene rings is 1. The zero-order chi connectivity index (χ0) is 14.1. The summed E-state index contributed by atoms with van der Waals surface area (Å²) in [7, 11) is -1.45. The lowest BCUT2D eigenvalue weighted by molar-refractivity contribution is -0.127. The number of anilines is 1. The van der Waals surface area contributed by atoms with Crippen LogP contribution in [0.3, 0.4) is 0 Å². The van der Waals surface area contributed by atoms with Crippen LogP contribution in [0, 0.1) is 0 Å². The summed E-state index contributed by atoms with van der Waals surface area (Å²) in [6.07, 6.45) is 2.06. The molecule has 2 heterocycles. The van der Waals surface area contributed by atoms with Crippen molar-refractivity contribution in [2.45, 2.75) is 18.0 Å². The summed E-state index contributed by atoms with van der Waals surface area (Å²) in [6.45, 7) is 1.54. The van der Waals surface area contributed by atoms with Gasteiger partial charge in [-0.1, -0.05) is 0 Å². The molecule has 1 fully saturated rings. The van der Waals surface area contributed by atoms with E-state index >= 15 is 0 Å². The lowest BCUT2D eigenvalue weighted by Gasteiger charge is -2.13. The van der Waals surface area contributed by atoms with E-state index < -0.39 is 10.8 Å². The molecule has 1 aromatic carbocycles. The molecule has 1 atom stereocenters. The zero-order valence-electron chi connectivity index (χ0n) is 11.0. The highest BCUT2D eigenvalue weighted by atomic mass is 32.2. The minimum atomic E-state index is -1.45. The van der Waals surface area contributed by atoms with Gasteiger partial charge in [0.1, 0.15) is 5.75 Å². The van der Waals surface area contributed by atoms with Crippen molar-refractivity contribution in [3.8, 4) is 0 Å². The van der Waals surface area contributed by atoms with E-state index in [1.54, 1.807) is 23.1 Å². The van der Waals surface area contributed by atoms with Gasteiger partial charge in [0.2, 0.25) is 5.91 Å². The Morgan fingerprint density at radius 3 is 2.90 bits per heavy atom. The van der Waals surface area contributed by atoms with Crippen molar-refractivity contribution >= 4 is 33.4 Å². The number of likely N-dealkylation sites (tertiary alicyclic amines) is 1. The molecule has 20 heavy (non-hydrogen) atoms. The lowest BCUT2D eigenvalue weighted by Crippen LogP contribution is -2.31. The highest BCUT2D eigenvalue weighted by Gasteiger charge is 2.21. The first kappa shape index (κ1) is 13.1. The third-order valence-electron chi connectivity index (χ3n) is 3.41. The maximum Gasteiger partial charge on any atom is 0.235 e. The molecule has 106 valence electrons. The number of carbonyl (C=O) groups excluding carboxylic acids is 1. The molecule has 1 aromatic heterocycles. The first-order chi connectivity index (χ1) is 9.63. The predicted octanol–water partition coefficient (Wildman–Crippen LogP) is 0.875. The molecule has 1 amide bonds. The predicted molar refractivity (Wildman–Crippen MR) is 77.6 cm³/mol. The second-order valence-electron chi connectivity index (χ2n) is 4.90. The number of imidazole rings is 1. The molecule has 1 aliphatic rings. The van der Waals surface area contributed by atoms with E-state index in [9.17, 15) is 9.00 Å². The molecule has 1 unspecified atom stereocenters. The SMILES string of the molecule is Nc1ccc2nc(S(=O)CC(=O)N3CCCC3)[nH]c2c1. The number of fused-ring (bicyclic) bond motifs is 1. The quantitative estimate of drug-likeness (QED) is 0.821. The number of rotatable bonds is 3. The fraction of sp³-hybridized carbons (Fsp3) is 0.385. The van der Waals surface area contributed by atoms with E-state index in [-0.39, 0.29) is 11.7 Å². The molecule has 3 rings (SSSR count). The van der Waals surface area contributed by atoms with E-state index in [1.165, 1.54) is 0 Å². The van der Waals surface area contributed by atoms with Crippen LogP contribution in [0.25, 0.3) is 11.0 Å². The Bertz CT molecular complexity index is 676. The van der Waals surface area contributed by atoms with E-state index in [1.807, 2.05) is 0 Å². The maximum absolute atomic E-state index is 12.2. The molecule has 0 saturated carbocycles. The molecular weight excluding hydrogens is 276 g/mol. The van der Waals surface area contributed by atoms with Gasteiger partial charge in [-0.05, 0) is 31.0 Å². The van der Waals surface area contributed by atoms with Gasteiger partial charge in [0.25, 0.3) is 0 Å². The number of aromatic nitrogens is 2. The van der Waals surface area contributed by atoms with Crippen molar-refractivity contribution in [2.75, 3.05) is 24.6 Å². The fourth-order valence-electron chi connectivity index (χ4n) is 2.35. The minimum Gasteiger partial charge on any atom is -0.399 e. The first-order valence-electron chi connectivity index (χ1n) is 6.55. The monoisotopic (exact) mass is 292 g/mol. The molecule has 0 spiro atoms. The molecule has 0 bridgehead atoms. The molecule has 3 N–H and O–H groups in total. The first-order valence-corrected chi connectivity index (χ1v) is 7.87. The maximum atomic E-state index is 12.2. The van der Waals surface area contributed by atoms with E-state index in [4.69, 9.17) is 5.73 Å². The summed E-state index contributed by atoms with van der Waals surface area (Å²) in [5.74, 6) is -0.0872. The number of nitrogen functional groups attached to an aromatic ring is 1. The third kappa shape index (κ3) is 2.53. The average Bonchev–Trinajstić information content (AvgIpc) is 3.07. The van der Waals surface area contributed by atoms with Crippen LogP contribution < -0.4 is 5.73 Å². The van der Waals surface area contributed by atoms with Gasteiger partial charge in [-0.3, -0.25) is 9.00 Å². The van der Waals surface area contributed by atoms with Crippen molar-refractivity contribution in [1.29, 1.82) is 0 Å². The van der Waals surface area contributed by atoms with Crippen molar-refractivity contribution in [2.24, 2.45) is 0 Å². The number of H-pyrrole nitrogens is 1. The van der Waals surface area contributed by atoms with Gasteiger partial charge in [0, 0.05) is 18.8 Å². The third-order valence-corrected chi connectivity index (χ3v) is 4.55. The normalized spacial score (nSPS) is 16.7. The molecule has 0 aliphatic carbocycles. The largest absolute Gasteiger partial charge is 0.399 e. The number of hydrogen-bond donors (Lipinski definition) is 2. The van der Waals surface area contributed by atoms with Crippen LogP contribution >= 0.6 is 0 Å². The summed E-state index contributed by atoms with van der Waals surface area (Å²) < 4.78 is 12.2. The smallest absolute Gasteiger partial charge is 0.235 e. The van der Waals surface area contributed by atoms with Gasteiger partial charge in [0.15, 0.2) is 5.16 Å². The zero-order valence-corrected chi connectivity index (χ0v) is 11.8. The highest BCUT2D eigenvalue weighted by molar-refractivity contribution is 7.85. The Kier molecular flexibility index (Phi) is 3.43.